The molecule has 1 aliphatic rings. The summed E-state index contributed by atoms with van der Waals surface area (Å²) in [6, 6.07) is -1.31. The van der Waals surface area contributed by atoms with Crippen LogP contribution in [0.5, 0.6) is 0 Å². The fourth-order valence-electron chi connectivity index (χ4n) is 1.47. The lowest BCUT2D eigenvalue weighted by atomic mass is 9.99. The maximum atomic E-state index is 10.5. The molecule has 9 heteroatoms. The molecule has 0 radical (unpaired) electrons. The van der Waals surface area contributed by atoms with Crippen LogP contribution in [0.3, 0.4) is 0 Å². The Labute approximate surface area is 102 Å². The number of hydrogen-bond donors (Lipinski definition) is 6. The third kappa shape index (κ3) is 3.36. The number of rotatable bonds is 5. The average Bonchev–Trinajstić information content (AvgIpc) is 2.34. The summed E-state index contributed by atoms with van der Waals surface area (Å²) in [7, 11) is 0. The summed E-state index contributed by atoms with van der Waals surface area (Å²) >= 11 is 0. The summed E-state index contributed by atoms with van der Waals surface area (Å²) in [4.78, 5) is 10.5. The van der Waals surface area contributed by atoms with Crippen LogP contribution in [0, 0.1) is 0 Å². The minimum absolute atomic E-state index is 0.446. The van der Waals surface area contributed by atoms with Crippen molar-refractivity contribution in [3.8, 4) is 0 Å². The van der Waals surface area contributed by atoms with Crippen LogP contribution >= 0.6 is 0 Å². The quantitative estimate of drug-likeness (QED) is 0.293. The SMILES string of the molecule is N[C@@H](CO[C@@H]1O[C@H](CO)[C@@H](O)C(O)C1O)C(=O)O. The number of nitrogens with two attached hydrogens (primary N) is 1. The Hall–Kier alpha value is -0.810. The first-order chi connectivity index (χ1) is 8.38. The highest BCUT2D eigenvalue weighted by atomic mass is 16.7. The van der Waals surface area contributed by atoms with Crippen LogP contribution in [0.1, 0.15) is 0 Å². The lowest BCUT2D eigenvalue weighted by Gasteiger charge is -2.39. The standard InChI is InChI=1S/C9H17NO8/c10-3(8(15)16)2-17-9-7(14)6(13)5(12)4(1-11)18-9/h3-7,9,11-14H,1-2,10H2,(H,15,16)/t3-,4+,5+,6?,7?,9+/m0/s1. The van der Waals surface area contributed by atoms with Crippen LogP contribution in [-0.4, -0.2) is 81.5 Å². The Morgan fingerprint density at radius 2 is 1.89 bits per heavy atom. The predicted octanol–water partition coefficient (Wildman–Crippen LogP) is -3.79. The minimum atomic E-state index is -1.57. The molecule has 9 nitrogen and oxygen atoms in total. The molecule has 1 aliphatic heterocycles. The van der Waals surface area contributed by atoms with Gasteiger partial charge in [0.15, 0.2) is 6.29 Å². The molecule has 18 heavy (non-hydrogen) atoms. The third-order valence-electron chi connectivity index (χ3n) is 2.61. The van der Waals surface area contributed by atoms with Crippen molar-refractivity contribution in [2.45, 2.75) is 36.7 Å². The number of hydrogen-bond acceptors (Lipinski definition) is 8. The molecule has 1 rings (SSSR count). The zero-order chi connectivity index (χ0) is 13.9. The summed E-state index contributed by atoms with van der Waals surface area (Å²) in [5.41, 5.74) is 5.19. The van der Waals surface area contributed by atoms with E-state index < -0.39 is 55.9 Å². The third-order valence-corrected chi connectivity index (χ3v) is 2.61. The molecule has 1 fully saturated rings. The number of carboxylic acid groups (broad SMARTS) is 1. The Balaban J connectivity index is 2.56. The molecular formula is C9H17NO8. The maximum Gasteiger partial charge on any atom is 0.322 e. The van der Waals surface area contributed by atoms with Crippen LogP contribution in [0.2, 0.25) is 0 Å². The second kappa shape index (κ2) is 6.38. The van der Waals surface area contributed by atoms with E-state index in [4.69, 9.17) is 25.4 Å². The monoisotopic (exact) mass is 267 g/mol. The molecule has 6 atom stereocenters. The molecule has 0 aromatic rings. The molecule has 7 N–H and O–H groups in total. The first-order valence-electron chi connectivity index (χ1n) is 5.29. The van der Waals surface area contributed by atoms with Gasteiger partial charge in [-0.05, 0) is 0 Å². The van der Waals surface area contributed by atoms with E-state index in [1.165, 1.54) is 0 Å². The van der Waals surface area contributed by atoms with Gasteiger partial charge in [-0.3, -0.25) is 4.79 Å². The first-order valence-corrected chi connectivity index (χ1v) is 5.29. The van der Waals surface area contributed by atoms with E-state index in [9.17, 15) is 20.1 Å². The van der Waals surface area contributed by atoms with Crippen LogP contribution in [-0.2, 0) is 14.3 Å². The van der Waals surface area contributed by atoms with Gasteiger partial charge in [0, 0.05) is 0 Å². The molecule has 0 saturated carbocycles. The first kappa shape index (κ1) is 15.2. The van der Waals surface area contributed by atoms with Crippen molar-refractivity contribution >= 4 is 5.97 Å². The van der Waals surface area contributed by atoms with Gasteiger partial charge in [0.1, 0.15) is 30.5 Å². The van der Waals surface area contributed by atoms with Gasteiger partial charge in [-0.25, -0.2) is 0 Å². The van der Waals surface area contributed by atoms with Crippen molar-refractivity contribution in [3.05, 3.63) is 0 Å². The molecule has 0 amide bonds. The van der Waals surface area contributed by atoms with Crippen molar-refractivity contribution in [2.75, 3.05) is 13.2 Å². The molecular weight excluding hydrogens is 250 g/mol. The number of aliphatic hydroxyl groups is 4. The summed E-state index contributed by atoms with van der Waals surface area (Å²) in [5, 5.41) is 45.9. The van der Waals surface area contributed by atoms with E-state index >= 15 is 0 Å². The van der Waals surface area contributed by atoms with Gasteiger partial charge >= 0.3 is 5.97 Å². The van der Waals surface area contributed by atoms with Crippen LogP contribution in [0.4, 0.5) is 0 Å². The highest BCUT2D eigenvalue weighted by Crippen LogP contribution is 2.21. The fraction of sp³-hybridized carbons (Fsp3) is 0.889. The van der Waals surface area contributed by atoms with Gasteiger partial charge in [-0.15, -0.1) is 0 Å². The number of ether oxygens (including phenoxy) is 2. The summed E-state index contributed by atoms with van der Waals surface area (Å²) in [6.07, 6.45) is -7.09. The zero-order valence-electron chi connectivity index (χ0n) is 9.42. The predicted molar refractivity (Wildman–Crippen MR) is 55.3 cm³/mol. The van der Waals surface area contributed by atoms with Crippen molar-refractivity contribution in [3.63, 3.8) is 0 Å². The largest absolute Gasteiger partial charge is 0.480 e. The molecule has 2 unspecified atom stereocenters. The number of carbonyl (C=O) groups is 1. The highest BCUT2D eigenvalue weighted by molar-refractivity contribution is 5.73. The molecule has 0 aromatic carbocycles. The van der Waals surface area contributed by atoms with Gasteiger partial charge in [0.25, 0.3) is 0 Å². The average molecular weight is 267 g/mol. The summed E-state index contributed by atoms with van der Waals surface area (Å²) in [5.74, 6) is -1.29. The Morgan fingerprint density at radius 3 is 2.39 bits per heavy atom. The Bertz CT molecular complexity index is 286. The normalized spacial score (nSPS) is 38.4. The summed E-state index contributed by atoms with van der Waals surface area (Å²) in [6.45, 7) is -1.03. The number of aliphatic carboxylic acids is 1. The van der Waals surface area contributed by atoms with E-state index in [0.717, 1.165) is 0 Å². The lowest BCUT2D eigenvalue weighted by molar-refractivity contribution is -0.301. The second-order valence-electron chi connectivity index (χ2n) is 3.98. The molecule has 0 aliphatic carbocycles. The Morgan fingerprint density at radius 1 is 1.28 bits per heavy atom. The number of carboxylic acids is 1. The second-order valence-corrected chi connectivity index (χ2v) is 3.98. The van der Waals surface area contributed by atoms with Crippen molar-refractivity contribution in [1.82, 2.24) is 0 Å². The van der Waals surface area contributed by atoms with Crippen LogP contribution in [0.25, 0.3) is 0 Å². The Kier molecular flexibility index (Phi) is 5.41. The highest BCUT2D eigenvalue weighted by Gasteiger charge is 2.44. The van der Waals surface area contributed by atoms with Crippen molar-refractivity contribution in [1.29, 1.82) is 0 Å². The maximum absolute atomic E-state index is 10.5. The van der Waals surface area contributed by atoms with Gasteiger partial charge in [-0.2, -0.15) is 0 Å². The van der Waals surface area contributed by atoms with Gasteiger partial charge < -0.3 is 40.7 Å². The van der Waals surface area contributed by atoms with Gasteiger partial charge in [-0.1, -0.05) is 0 Å². The van der Waals surface area contributed by atoms with Crippen LogP contribution < -0.4 is 5.73 Å². The lowest BCUT2D eigenvalue weighted by Crippen LogP contribution is -2.59. The van der Waals surface area contributed by atoms with Crippen molar-refractivity contribution in [2.24, 2.45) is 5.73 Å². The molecule has 0 spiro atoms. The fourth-order valence-corrected chi connectivity index (χ4v) is 1.47. The molecule has 0 aromatic heterocycles. The topological polar surface area (TPSA) is 163 Å². The molecule has 106 valence electrons. The molecule has 1 heterocycles. The smallest absolute Gasteiger partial charge is 0.322 e. The van der Waals surface area contributed by atoms with Gasteiger partial charge in [0.05, 0.1) is 13.2 Å². The van der Waals surface area contributed by atoms with E-state index in [1.54, 1.807) is 0 Å². The van der Waals surface area contributed by atoms with E-state index in [0.29, 0.717) is 0 Å². The van der Waals surface area contributed by atoms with Gasteiger partial charge in [0.2, 0.25) is 0 Å². The zero-order valence-corrected chi connectivity index (χ0v) is 9.42. The van der Waals surface area contributed by atoms with Crippen LogP contribution in [0.15, 0.2) is 0 Å². The van der Waals surface area contributed by atoms with E-state index in [1.807, 2.05) is 0 Å². The van der Waals surface area contributed by atoms with E-state index in [-0.39, 0.29) is 0 Å². The van der Waals surface area contributed by atoms with E-state index in [2.05, 4.69) is 0 Å². The van der Waals surface area contributed by atoms with Crippen molar-refractivity contribution < 1.29 is 39.8 Å². The number of aliphatic hydroxyl groups excluding tert-OH is 4. The molecule has 0 bridgehead atoms. The minimum Gasteiger partial charge on any atom is -0.480 e. The summed E-state index contributed by atoms with van der Waals surface area (Å²) < 4.78 is 9.89. The molecule has 1 saturated heterocycles.